The van der Waals surface area contributed by atoms with Crippen LogP contribution in [0.3, 0.4) is 0 Å². The molecule has 0 aliphatic carbocycles. The molecule has 12 nitrogen and oxygen atoms in total. The molecular formula is C30H20F6N4O8S2. The van der Waals surface area contributed by atoms with Crippen molar-refractivity contribution in [2.24, 2.45) is 0 Å². The normalized spacial score (nSPS) is 12.0. The molecule has 0 atom stereocenters. The molecule has 0 saturated heterocycles. The van der Waals surface area contributed by atoms with Gasteiger partial charge in [-0.25, -0.2) is 0 Å². The Kier molecular flexibility index (Phi) is 10.4. The fourth-order valence-electron chi connectivity index (χ4n) is 4.06. The molecule has 0 aromatic heterocycles. The zero-order valence-electron chi connectivity index (χ0n) is 24.6. The van der Waals surface area contributed by atoms with Crippen molar-refractivity contribution < 1.29 is 62.4 Å². The molecule has 0 radical (unpaired) electrons. The van der Waals surface area contributed by atoms with Crippen LogP contribution in [0.5, 0.6) is 0 Å². The van der Waals surface area contributed by atoms with Gasteiger partial charge in [-0.2, -0.15) is 51.8 Å². The van der Waals surface area contributed by atoms with Crippen molar-refractivity contribution in [2.45, 2.75) is 11.0 Å². The van der Waals surface area contributed by atoms with Crippen LogP contribution in [0.25, 0.3) is 0 Å². The molecule has 0 unspecified atom stereocenters. The van der Waals surface area contributed by atoms with Crippen LogP contribution < -0.4 is 19.2 Å². The molecular weight excluding hydrogens is 722 g/mol. The van der Waals surface area contributed by atoms with Gasteiger partial charge in [0.1, 0.15) is 0 Å². The number of amides is 4. The number of para-hydroxylation sites is 2. The molecule has 4 aromatic carbocycles. The molecule has 0 saturated carbocycles. The summed E-state index contributed by atoms with van der Waals surface area (Å²) in [5.74, 6) is -7.53. The van der Waals surface area contributed by atoms with E-state index in [1.54, 1.807) is 36.4 Å². The first-order valence-corrected chi connectivity index (χ1v) is 16.4. The van der Waals surface area contributed by atoms with Gasteiger partial charge in [0.2, 0.25) is 0 Å². The number of hydrogen-bond acceptors (Lipinski definition) is 8. The van der Waals surface area contributed by atoms with Crippen LogP contribution in [-0.2, 0) is 29.6 Å². The van der Waals surface area contributed by atoms with E-state index >= 15 is 0 Å². The van der Waals surface area contributed by atoms with E-state index in [1.807, 2.05) is 0 Å². The van der Waals surface area contributed by atoms with Crippen molar-refractivity contribution in [2.75, 3.05) is 19.2 Å². The Morgan fingerprint density at radius 1 is 0.460 bits per heavy atom. The molecule has 50 heavy (non-hydrogen) atoms. The summed E-state index contributed by atoms with van der Waals surface area (Å²) in [4.78, 5) is 51.6. The van der Waals surface area contributed by atoms with Crippen molar-refractivity contribution in [3.05, 3.63) is 120 Å². The van der Waals surface area contributed by atoms with Crippen LogP contribution >= 0.6 is 0 Å². The SMILES string of the molecule is O=C(Nc1ccccc1)c1ccc(N(C(=O)C(=O)N(c2ccc(C(=O)Nc3ccccc3)cc2)S(=O)(=O)C(F)(F)F)S(=O)(=O)C(F)(F)F)cc1. The predicted molar refractivity (Wildman–Crippen MR) is 167 cm³/mol. The summed E-state index contributed by atoms with van der Waals surface area (Å²) in [6.45, 7) is 0. The Balaban J connectivity index is 1.74. The third kappa shape index (κ3) is 7.76. The van der Waals surface area contributed by atoms with Crippen LogP contribution in [0.15, 0.2) is 109 Å². The Morgan fingerprint density at radius 3 is 1.00 bits per heavy atom. The van der Waals surface area contributed by atoms with Gasteiger partial charge >= 0.3 is 42.9 Å². The highest BCUT2D eigenvalue weighted by Gasteiger charge is 2.58. The number of halogens is 6. The molecule has 4 amide bonds. The smallest absolute Gasteiger partial charge is 0.322 e. The fourth-order valence-corrected chi connectivity index (χ4v) is 5.86. The number of nitrogens with zero attached hydrogens (tertiary/aromatic N) is 2. The number of carbonyl (C=O) groups is 4. The summed E-state index contributed by atoms with van der Waals surface area (Å²) in [6.07, 6.45) is 0. The highest BCUT2D eigenvalue weighted by atomic mass is 32.2. The first-order valence-electron chi connectivity index (χ1n) is 13.5. The zero-order chi connectivity index (χ0) is 37.1. The van der Waals surface area contributed by atoms with Crippen molar-refractivity contribution in [3.63, 3.8) is 0 Å². The Labute approximate surface area is 279 Å². The third-order valence-corrected chi connectivity index (χ3v) is 9.29. The summed E-state index contributed by atoms with van der Waals surface area (Å²) >= 11 is 0. The van der Waals surface area contributed by atoms with E-state index in [-0.39, 0.29) is 22.5 Å². The lowest BCUT2D eigenvalue weighted by molar-refractivity contribution is -0.135. The fraction of sp³-hybridized carbons (Fsp3) is 0.0667. The average molecular weight is 743 g/mol. The number of benzene rings is 4. The van der Waals surface area contributed by atoms with Crippen LogP contribution in [0, 0.1) is 0 Å². The first-order chi connectivity index (χ1) is 23.3. The minimum absolute atomic E-state index is 0.277. The van der Waals surface area contributed by atoms with Crippen molar-refractivity contribution in [3.8, 4) is 0 Å². The second-order valence-corrected chi connectivity index (χ2v) is 13.3. The van der Waals surface area contributed by atoms with Gasteiger partial charge in [0.15, 0.2) is 0 Å². The van der Waals surface area contributed by atoms with E-state index in [4.69, 9.17) is 0 Å². The maximum atomic E-state index is 13.8. The average Bonchev–Trinajstić information content (AvgIpc) is 3.05. The summed E-state index contributed by atoms with van der Waals surface area (Å²) < 4.78 is 130. The van der Waals surface area contributed by atoms with Crippen LogP contribution in [0.2, 0.25) is 0 Å². The molecule has 0 aliphatic rings. The molecule has 2 N–H and O–H groups in total. The Bertz CT molecular complexity index is 1980. The van der Waals surface area contributed by atoms with Crippen molar-refractivity contribution >= 4 is 66.4 Å². The summed E-state index contributed by atoms with van der Waals surface area (Å²) in [5.41, 5.74) is -15.4. The third-order valence-electron chi connectivity index (χ3n) is 6.41. The lowest BCUT2D eigenvalue weighted by Gasteiger charge is -2.27. The molecule has 0 heterocycles. The number of alkyl halides is 6. The van der Waals surface area contributed by atoms with E-state index in [0.29, 0.717) is 24.3 Å². The molecule has 0 aliphatic heterocycles. The largest absolute Gasteiger partial charge is 0.517 e. The number of sulfonamides is 2. The molecule has 4 rings (SSSR count). The van der Waals surface area contributed by atoms with Gasteiger partial charge in [-0.15, -0.1) is 0 Å². The van der Waals surface area contributed by atoms with Gasteiger partial charge in [0, 0.05) is 22.5 Å². The maximum absolute atomic E-state index is 13.8. The lowest BCUT2D eigenvalue weighted by Crippen LogP contribution is -2.54. The first kappa shape index (κ1) is 37.1. The minimum Gasteiger partial charge on any atom is -0.322 e. The van der Waals surface area contributed by atoms with Crippen LogP contribution in [0.4, 0.5) is 49.1 Å². The van der Waals surface area contributed by atoms with E-state index in [9.17, 15) is 62.4 Å². The monoisotopic (exact) mass is 742 g/mol. The molecule has 0 bridgehead atoms. The van der Waals surface area contributed by atoms with Crippen molar-refractivity contribution in [1.82, 2.24) is 0 Å². The standard InChI is InChI=1S/C30H20F6N4O8S2/c31-29(32,33)49(45,46)39(23-15-11-19(12-16-23)25(41)37-21-7-3-1-4-8-21)27(43)28(44)40(50(47,48)30(34,35)36)24-17-13-20(14-18-24)26(42)38-22-9-5-2-6-10-22/h1-18H,(H,37,41)(H,38,42). The highest BCUT2D eigenvalue weighted by Crippen LogP contribution is 2.35. The number of nitrogens with one attached hydrogen (secondary N) is 2. The van der Waals surface area contributed by atoms with Crippen molar-refractivity contribution in [1.29, 1.82) is 0 Å². The van der Waals surface area contributed by atoms with Gasteiger partial charge in [-0.05, 0) is 72.8 Å². The topological polar surface area (TPSA) is 167 Å². The van der Waals surface area contributed by atoms with E-state index in [2.05, 4.69) is 10.6 Å². The number of carbonyl (C=O) groups excluding carboxylic acids is 4. The van der Waals surface area contributed by atoms with E-state index in [1.165, 1.54) is 24.3 Å². The molecule has 262 valence electrons. The Hall–Kier alpha value is -5.76. The highest BCUT2D eigenvalue weighted by molar-refractivity contribution is 7.95. The molecule has 4 aromatic rings. The summed E-state index contributed by atoms with van der Waals surface area (Å²) in [5, 5.41) is 4.82. The second-order valence-electron chi connectivity index (χ2n) is 9.77. The van der Waals surface area contributed by atoms with E-state index in [0.717, 1.165) is 24.3 Å². The summed E-state index contributed by atoms with van der Waals surface area (Å²) in [7, 11) is -13.9. The van der Waals surface area contributed by atoms with Gasteiger partial charge in [-0.3, -0.25) is 19.2 Å². The number of rotatable bonds is 8. The lowest BCUT2D eigenvalue weighted by atomic mass is 10.1. The molecule has 0 fully saturated rings. The second kappa shape index (κ2) is 14.0. The van der Waals surface area contributed by atoms with Crippen LogP contribution in [-0.4, -0.2) is 51.5 Å². The Morgan fingerprint density at radius 2 is 0.740 bits per heavy atom. The van der Waals surface area contributed by atoms with Gasteiger partial charge in [-0.1, -0.05) is 36.4 Å². The van der Waals surface area contributed by atoms with Gasteiger partial charge in [0.25, 0.3) is 11.8 Å². The number of anilines is 4. The van der Waals surface area contributed by atoms with Gasteiger partial charge < -0.3 is 10.6 Å². The van der Waals surface area contributed by atoms with Gasteiger partial charge in [0.05, 0.1) is 11.4 Å². The predicted octanol–water partition coefficient (Wildman–Crippen LogP) is 5.26. The minimum atomic E-state index is -6.96. The zero-order valence-corrected chi connectivity index (χ0v) is 26.3. The van der Waals surface area contributed by atoms with E-state index < -0.39 is 74.7 Å². The summed E-state index contributed by atoms with van der Waals surface area (Å²) in [6, 6.07) is 20.1. The van der Waals surface area contributed by atoms with Crippen LogP contribution in [0.1, 0.15) is 20.7 Å². The molecule has 20 heteroatoms. The maximum Gasteiger partial charge on any atom is 0.517 e. The quantitative estimate of drug-likeness (QED) is 0.182. The molecule has 0 spiro atoms. The number of hydrogen-bond donors (Lipinski definition) is 2.